The molecule has 0 aliphatic rings. The van der Waals surface area contributed by atoms with Crippen molar-refractivity contribution in [3.63, 3.8) is 0 Å². The van der Waals surface area contributed by atoms with Crippen molar-refractivity contribution in [3.8, 4) is 0 Å². The van der Waals surface area contributed by atoms with E-state index in [1.54, 1.807) is 6.33 Å². The summed E-state index contributed by atoms with van der Waals surface area (Å²) >= 11 is 0. The van der Waals surface area contributed by atoms with Gasteiger partial charge in [0, 0.05) is 19.3 Å². The van der Waals surface area contributed by atoms with Crippen LogP contribution in [0.15, 0.2) is 12.5 Å². The predicted octanol–water partition coefficient (Wildman–Crippen LogP) is 1.24. The summed E-state index contributed by atoms with van der Waals surface area (Å²) in [5.74, 6) is 0.942. The molecule has 0 unspecified atom stereocenters. The maximum Gasteiger partial charge on any atom is 0.144 e. The summed E-state index contributed by atoms with van der Waals surface area (Å²) in [5.41, 5.74) is 0. The topological polar surface area (TPSA) is 29.9 Å². The molecule has 10 heavy (non-hydrogen) atoms. The fourth-order valence-corrected chi connectivity index (χ4v) is 0.783. The third-order valence-corrected chi connectivity index (χ3v) is 1.14. The molecule has 0 bridgehead atoms. The summed E-state index contributed by atoms with van der Waals surface area (Å²) in [5, 5.41) is 3.19. The van der Waals surface area contributed by atoms with E-state index >= 15 is 0 Å². The summed E-state index contributed by atoms with van der Waals surface area (Å²) in [4.78, 5) is 4.11. The van der Waals surface area contributed by atoms with Crippen LogP contribution >= 0.6 is 0 Å². The van der Waals surface area contributed by atoms with Crippen LogP contribution in [0.5, 0.6) is 0 Å². The Labute approximate surface area is 61.1 Å². The van der Waals surface area contributed by atoms with Crippen molar-refractivity contribution < 1.29 is 0 Å². The quantitative estimate of drug-likeness (QED) is 0.668. The number of nitrogens with one attached hydrogen (secondary N) is 1. The first kappa shape index (κ1) is 7.12. The van der Waals surface area contributed by atoms with Crippen LogP contribution in [0, 0.1) is 0 Å². The van der Waals surface area contributed by atoms with Crippen molar-refractivity contribution >= 4 is 5.82 Å². The standard InChI is InChI=1S/C7H13N3/c1-6(2)9-7-4-10(3)5-8-7/h4-6,9H,1-3H3. The van der Waals surface area contributed by atoms with E-state index in [1.165, 1.54) is 0 Å². The van der Waals surface area contributed by atoms with Crippen LogP contribution in [-0.4, -0.2) is 15.6 Å². The lowest BCUT2D eigenvalue weighted by Gasteiger charge is -2.04. The highest BCUT2D eigenvalue weighted by Gasteiger charge is 1.95. The Morgan fingerprint density at radius 2 is 2.30 bits per heavy atom. The van der Waals surface area contributed by atoms with E-state index in [-0.39, 0.29) is 0 Å². The molecule has 0 saturated heterocycles. The van der Waals surface area contributed by atoms with Crippen molar-refractivity contribution in [2.45, 2.75) is 19.9 Å². The van der Waals surface area contributed by atoms with Crippen LogP contribution in [0.4, 0.5) is 5.82 Å². The Bertz CT molecular complexity index is 202. The predicted molar refractivity (Wildman–Crippen MR) is 42.0 cm³/mol. The number of hydrogen-bond donors (Lipinski definition) is 1. The number of aromatic nitrogens is 2. The molecule has 0 spiro atoms. The van der Waals surface area contributed by atoms with Gasteiger partial charge in [0.1, 0.15) is 5.82 Å². The van der Waals surface area contributed by atoms with Gasteiger partial charge in [0.15, 0.2) is 0 Å². The summed E-state index contributed by atoms with van der Waals surface area (Å²) in [6.07, 6.45) is 3.74. The second-order valence-electron chi connectivity index (χ2n) is 2.72. The second-order valence-corrected chi connectivity index (χ2v) is 2.72. The SMILES string of the molecule is CC(C)Nc1cn(C)cn1. The van der Waals surface area contributed by atoms with E-state index in [0.717, 1.165) is 5.82 Å². The fraction of sp³-hybridized carbons (Fsp3) is 0.571. The van der Waals surface area contributed by atoms with Gasteiger partial charge in [-0.3, -0.25) is 0 Å². The maximum atomic E-state index is 4.11. The van der Waals surface area contributed by atoms with E-state index in [9.17, 15) is 0 Å². The van der Waals surface area contributed by atoms with Crippen LogP contribution in [-0.2, 0) is 7.05 Å². The van der Waals surface area contributed by atoms with E-state index < -0.39 is 0 Å². The van der Waals surface area contributed by atoms with Crippen LogP contribution in [0.3, 0.4) is 0 Å². The van der Waals surface area contributed by atoms with Gasteiger partial charge in [0.25, 0.3) is 0 Å². The summed E-state index contributed by atoms with van der Waals surface area (Å²) in [6.45, 7) is 4.18. The molecule has 3 heteroatoms. The van der Waals surface area contributed by atoms with Crippen molar-refractivity contribution in [2.24, 2.45) is 7.05 Å². The van der Waals surface area contributed by atoms with Gasteiger partial charge in [-0.25, -0.2) is 4.98 Å². The monoisotopic (exact) mass is 139 g/mol. The number of aryl methyl sites for hydroxylation is 1. The average Bonchev–Trinajstić information content (AvgIpc) is 2.13. The van der Waals surface area contributed by atoms with Crippen molar-refractivity contribution in [1.82, 2.24) is 9.55 Å². The van der Waals surface area contributed by atoms with Gasteiger partial charge in [0.2, 0.25) is 0 Å². The molecule has 0 aromatic carbocycles. The smallest absolute Gasteiger partial charge is 0.144 e. The van der Waals surface area contributed by atoms with Gasteiger partial charge in [-0.15, -0.1) is 0 Å². The molecule has 1 N–H and O–H groups in total. The van der Waals surface area contributed by atoms with Gasteiger partial charge in [-0.1, -0.05) is 0 Å². The zero-order valence-electron chi connectivity index (χ0n) is 6.63. The number of anilines is 1. The molecule has 0 radical (unpaired) electrons. The van der Waals surface area contributed by atoms with Crippen LogP contribution in [0.2, 0.25) is 0 Å². The van der Waals surface area contributed by atoms with E-state index in [0.29, 0.717) is 6.04 Å². The molecule has 3 nitrogen and oxygen atoms in total. The molecular weight excluding hydrogens is 126 g/mol. The van der Waals surface area contributed by atoms with Gasteiger partial charge in [0.05, 0.1) is 6.33 Å². The van der Waals surface area contributed by atoms with E-state index in [1.807, 2.05) is 17.8 Å². The molecule has 0 atom stereocenters. The highest BCUT2D eigenvalue weighted by atomic mass is 15.1. The second kappa shape index (κ2) is 2.73. The summed E-state index contributed by atoms with van der Waals surface area (Å²) in [7, 11) is 1.96. The molecular formula is C7H13N3. The normalized spacial score (nSPS) is 10.4. The van der Waals surface area contributed by atoms with Gasteiger partial charge < -0.3 is 9.88 Å². The van der Waals surface area contributed by atoms with Crippen LogP contribution in [0.1, 0.15) is 13.8 Å². The third-order valence-electron chi connectivity index (χ3n) is 1.14. The van der Waals surface area contributed by atoms with Gasteiger partial charge in [-0.05, 0) is 13.8 Å². The lowest BCUT2D eigenvalue weighted by molar-refractivity contribution is 0.889. The molecule has 0 amide bonds. The molecule has 1 aromatic rings. The highest BCUT2D eigenvalue weighted by Crippen LogP contribution is 2.01. The van der Waals surface area contributed by atoms with Gasteiger partial charge in [-0.2, -0.15) is 0 Å². The highest BCUT2D eigenvalue weighted by molar-refractivity contribution is 5.31. The first-order chi connectivity index (χ1) is 4.68. The Balaban J connectivity index is 2.58. The van der Waals surface area contributed by atoms with E-state index in [4.69, 9.17) is 0 Å². The fourth-order valence-electron chi connectivity index (χ4n) is 0.783. The molecule has 1 heterocycles. The van der Waals surface area contributed by atoms with E-state index in [2.05, 4.69) is 24.1 Å². The number of nitrogens with zero attached hydrogens (tertiary/aromatic N) is 2. The van der Waals surface area contributed by atoms with Crippen molar-refractivity contribution in [2.75, 3.05) is 5.32 Å². The lowest BCUT2D eigenvalue weighted by atomic mass is 10.4. The zero-order chi connectivity index (χ0) is 7.56. The average molecular weight is 139 g/mol. The molecule has 0 aliphatic carbocycles. The molecule has 0 fully saturated rings. The Hall–Kier alpha value is -0.990. The summed E-state index contributed by atoms with van der Waals surface area (Å²) < 4.78 is 1.92. The molecule has 56 valence electrons. The Morgan fingerprint density at radius 1 is 1.60 bits per heavy atom. The first-order valence-electron chi connectivity index (χ1n) is 3.43. The zero-order valence-corrected chi connectivity index (χ0v) is 6.63. The third kappa shape index (κ3) is 1.76. The summed E-state index contributed by atoms with van der Waals surface area (Å²) in [6, 6.07) is 0.454. The largest absolute Gasteiger partial charge is 0.367 e. The molecule has 1 rings (SSSR count). The Kier molecular flexibility index (Phi) is 1.94. The van der Waals surface area contributed by atoms with Crippen LogP contribution < -0.4 is 5.32 Å². The first-order valence-corrected chi connectivity index (χ1v) is 3.43. The molecule has 1 aromatic heterocycles. The minimum Gasteiger partial charge on any atom is -0.367 e. The maximum absolute atomic E-state index is 4.11. The van der Waals surface area contributed by atoms with Crippen molar-refractivity contribution in [3.05, 3.63) is 12.5 Å². The minimum atomic E-state index is 0.454. The lowest BCUT2D eigenvalue weighted by Crippen LogP contribution is -2.09. The Morgan fingerprint density at radius 3 is 2.70 bits per heavy atom. The van der Waals surface area contributed by atoms with Crippen LogP contribution in [0.25, 0.3) is 0 Å². The number of hydrogen-bond acceptors (Lipinski definition) is 2. The molecule has 0 aliphatic heterocycles. The van der Waals surface area contributed by atoms with Gasteiger partial charge >= 0.3 is 0 Å². The minimum absolute atomic E-state index is 0.454. The molecule has 0 saturated carbocycles. The number of rotatable bonds is 2. The van der Waals surface area contributed by atoms with Crippen molar-refractivity contribution in [1.29, 1.82) is 0 Å². The number of imidazole rings is 1.